The van der Waals surface area contributed by atoms with Gasteiger partial charge in [0.15, 0.2) is 0 Å². The quantitative estimate of drug-likeness (QED) is 0.362. The molecule has 1 amide bonds. The van der Waals surface area contributed by atoms with Crippen molar-refractivity contribution >= 4 is 21.8 Å². The highest BCUT2D eigenvalue weighted by Crippen LogP contribution is 2.68. The molecular weight excluding hydrogens is 510 g/mol. The SMILES string of the molecule is C[C@H](CCC(=O)N[C@@H](CS(=O)(=O)O)c1ccccc1)[C@H]1CC[C@H]2[C@@H]3CC[C@@H]4CC(=O)CC[C@]4(C)[C@H]3CC[C@]12C. The van der Waals surface area contributed by atoms with Crippen molar-refractivity contribution in [3.63, 3.8) is 0 Å². The first-order valence-electron chi connectivity index (χ1n) is 15.2. The van der Waals surface area contributed by atoms with Crippen LogP contribution >= 0.6 is 0 Å². The summed E-state index contributed by atoms with van der Waals surface area (Å²) in [5.74, 6) is 3.63. The van der Waals surface area contributed by atoms with Crippen LogP contribution in [0.1, 0.15) is 103 Å². The first kappa shape index (κ1) is 28.8. The van der Waals surface area contributed by atoms with Crippen molar-refractivity contribution in [3.05, 3.63) is 35.9 Å². The fourth-order valence-electron chi connectivity index (χ4n) is 9.96. The van der Waals surface area contributed by atoms with E-state index in [0.717, 1.165) is 43.4 Å². The predicted octanol–water partition coefficient (Wildman–Crippen LogP) is 6.38. The third kappa shape index (κ3) is 5.72. The van der Waals surface area contributed by atoms with Gasteiger partial charge in [0.1, 0.15) is 5.78 Å². The summed E-state index contributed by atoms with van der Waals surface area (Å²) < 4.78 is 32.7. The largest absolute Gasteiger partial charge is 0.348 e. The van der Waals surface area contributed by atoms with Gasteiger partial charge in [0.05, 0.1) is 11.8 Å². The van der Waals surface area contributed by atoms with Crippen molar-refractivity contribution in [2.75, 3.05) is 5.75 Å². The molecule has 0 aromatic heterocycles. The van der Waals surface area contributed by atoms with Gasteiger partial charge >= 0.3 is 0 Å². The van der Waals surface area contributed by atoms with E-state index in [0.29, 0.717) is 46.4 Å². The molecule has 6 nitrogen and oxygen atoms in total. The molecule has 7 heteroatoms. The van der Waals surface area contributed by atoms with Gasteiger partial charge in [0.25, 0.3) is 10.1 Å². The van der Waals surface area contributed by atoms with Gasteiger partial charge in [0.2, 0.25) is 5.91 Å². The number of carbonyl (C=O) groups is 2. The Kier molecular flexibility index (Phi) is 8.06. The lowest BCUT2D eigenvalue weighted by molar-refractivity contribution is -0.140. The Morgan fingerprint density at radius 3 is 2.46 bits per heavy atom. The first-order valence-corrected chi connectivity index (χ1v) is 16.8. The zero-order chi connectivity index (χ0) is 28.0. The lowest BCUT2D eigenvalue weighted by Gasteiger charge is -2.60. The fourth-order valence-corrected chi connectivity index (χ4v) is 10.7. The summed E-state index contributed by atoms with van der Waals surface area (Å²) in [5, 5.41) is 2.87. The maximum atomic E-state index is 13.0. The summed E-state index contributed by atoms with van der Waals surface area (Å²) in [5.41, 5.74) is 1.31. The molecular formula is C32H47NO5S. The van der Waals surface area contributed by atoms with Gasteiger partial charge in [-0.15, -0.1) is 0 Å². The molecule has 39 heavy (non-hydrogen) atoms. The number of amides is 1. The molecule has 0 heterocycles. The lowest BCUT2D eigenvalue weighted by Crippen LogP contribution is -2.53. The van der Waals surface area contributed by atoms with Crippen LogP contribution < -0.4 is 5.32 Å². The minimum absolute atomic E-state index is 0.166. The fraction of sp³-hybridized carbons (Fsp3) is 0.750. The number of hydrogen-bond donors (Lipinski definition) is 2. The molecule has 0 radical (unpaired) electrons. The minimum atomic E-state index is -4.24. The molecule has 0 saturated heterocycles. The summed E-state index contributed by atoms with van der Waals surface area (Å²) in [6.45, 7) is 7.33. The number of benzene rings is 1. The third-order valence-corrected chi connectivity index (χ3v) is 12.7. The molecule has 5 rings (SSSR count). The normalized spacial score (nSPS) is 37.7. The van der Waals surface area contributed by atoms with Gasteiger partial charge < -0.3 is 5.32 Å². The summed E-state index contributed by atoms with van der Waals surface area (Å²) in [6.07, 6.45) is 11.3. The molecule has 1 aromatic rings. The first-order chi connectivity index (χ1) is 18.4. The molecule has 216 valence electrons. The molecule has 0 unspecified atom stereocenters. The number of carbonyl (C=O) groups excluding carboxylic acids is 2. The van der Waals surface area contributed by atoms with E-state index in [4.69, 9.17) is 0 Å². The Morgan fingerprint density at radius 1 is 1.03 bits per heavy atom. The number of ketones is 1. The van der Waals surface area contributed by atoms with Crippen molar-refractivity contribution in [1.82, 2.24) is 5.32 Å². The van der Waals surface area contributed by atoms with Gasteiger partial charge in [-0.3, -0.25) is 14.1 Å². The van der Waals surface area contributed by atoms with E-state index >= 15 is 0 Å². The average Bonchev–Trinajstić information content (AvgIpc) is 3.24. The molecule has 4 aliphatic rings. The number of nitrogens with one attached hydrogen (secondary N) is 1. The smallest absolute Gasteiger partial charge is 0.267 e. The summed E-state index contributed by atoms with van der Waals surface area (Å²) in [7, 11) is -4.24. The second-order valence-corrected chi connectivity index (χ2v) is 15.4. The summed E-state index contributed by atoms with van der Waals surface area (Å²) in [6, 6.07) is 8.21. The van der Waals surface area contributed by atoms with Crippen LogP contribution in [-0.2, 0) is 19.7 Å². The highest BCUT2D eigenvalue weighted by Gasteiger charge is 2.60. The van der Waals surface area contributed by atoms with Crippen LogP contribution in [0.4, 0.5) is 0 Å². The topological polar surface area (TPSA) is 101 Å². The minimum Gasteiger partial charge on any atom is -0.348 e. The highest BCUT2D eigenvalue weighted by molar-refractivity contribution is 7.85. The Bertz CT molecular complexity index is 1170. The van der Waals surface area contributed by atoms with Crippen LogP contribution in [0.15, 0.2) is 30.3 Å². The predicted molar refractivity (Wildman–Crippen MR) is 152 cm³/mol. The maximum absolute atomic E-state index is 13.0. The van der Waals surface area contributed by atoms with Crippen LogP contribution in [0.25, 0.3) is 0 Å². The molecule has 9 atom stereocenters. The Morgan fingerprint density at radius 2 is 1.74 bits per heavy atom. The van der Waals surface area contributed by atoms with Gasteiger partial charge in [-0.05, 0) is 103 Å². The third-order valence-electron chi connectivity index (χ3n) is 12.0. The molecule has 4 aliphatic carbocycles. The molecule has 0 bridgehead atoms. The second kappa shape index (κ2) is 10.9. The van der Waals surface area contributed by atoms with Crippen LogP contribution in [0.5, 0.6) is 0 Å². The van der Waals surface area contributed by atoms with Crippen molar-refractivity contribution in [2.45, 2.75) is 97.4 Å². The molecule has 4 saturated carbocycles. The van der Waals surface area contributed by atoms with Crippen molar-refractivity contribution in [3.8, 4) is 0 Å². The van der Waals surface area contributed by atoms with Crippen molar-refractivity contribution in [1.29, 1.82) is 0 Å². The van der Waals surface area contributed by atoms with Crippen LogP contribution in [0.2, 0.25) is 0 Å². The second-order valence-electron chi connectivity index (χ2n) is 13.9. The van der Waals surface area contributed by atoms with Crippen molar-refractivity contribution in [2.24, 2.45) is 46.3 Å². The molecule has 0 spiro atoms. The van der Waals surface area contributed by atoms with E-state index < -0.39 is 21.9 Å². The zero-order valence-corrected chi connectivity index (χ0v) is 24.7. The zero-order valence-electron chi connectivity index (χ0n) is 23.9. The number of hydrogen-bond acceptors (Lipinski definition) is 4. The van der Waals surface area contributed by atoms with Crippen LogP contribution in [0.3, 0.4) is 0 Å². The van der Waals surface area contributed by atoms with E-state index in [2.05, 4.69) is 26.1 Å². The van der Waals surface area contributed by atoms with E-state index in [1.54, 1.807) is 24.3 Å². The molecule has 0 aliphatic heterocycles. The van der Waals surface area contributed by atoms with Gasteiger partial charge in [-0.2, -0.15) is 8.42 Å². The Hall–Kier alpha value is -1.73. The monoisotopic (exact) mass is 557 g/mol. The highest BCUT2D eigenvalue weighted by atomic mass is 32.2. The van der Waals surface area contributed by atoms with E-state index in [-0.39, 0.29) is 5.91 Å². The molecule has 4 fully saturated rings. The van der Waals surface area contributed by atoms with Gasteiger partial charge in [0, 0.05) is 19.3 Å². The Balaban J connectivity index is 1.21. The number of Topliss-reactive ketones (excluding diaryl/α,β-unsaturated/α-hetero) is 1. The summed E-state index contributed by atoms with van der Waals surface area (Å²) in [4.78, 5) is 25.2. The van der Waals surface area contributed by atoms with Crippen molar-refractivity contribution < 1.29 is 22.6 Å². The van der Waals surface area contributed by atoms with Gasteiger partial charge in [-0.1, -0.05) is 51.1 Å². The standard InChI is InChI=1S/C32H47NO5S/c1-21(9-14-30(35)33-29(20-39(36,37)38)22-7-5-4-6-8-22)26-12-13-27-25-11-10-23-19-24(34)15-17-31(23,2)28(25)16-18-32(26,27)3/h4-8,21,23,25-29H,9-20H2,1-3H3,(H,33,35)(H,36,37,38)/t21-,23-,25+,26-,27+,28+,29+,31+,32-/m1/s1. The lowest BCUT2D eigenvalue weighted by atomic mass is 9.44. The molecule has 1 aromatic carbocycles. The summed E-state index contributed by atoms with van der Waals surface area (Å²) >= 11 is 0. The van der Waals surface area contributed by atoms with E-state index in [1.807, 2.05) is 6.07 Å². The number of rotatable bonds is 8. The van der Waals surface area contributed by atoms with E-state index in [1.165, 1.54) is 38.5 Å². The van der Waals surface area contributed by atoms with Crippen LogP contribution in [0, 0.1) is 46.3 Å². The maximum Gasteiger partial charge on any atom is 0.267 e. The Labute approximate surface area is 234 Å². The number of fused-ring (bicyclic) bond motifs is 5. The average molecular weight is 558 g/mol. The van der Waals surface area contributed by atoms with Gasteiger partial charge in [-0.25, -0.2) is 0 Å². The molecule has 2 N–H and O–H groups in total. The van der Waals surface area contributed by atoms with Crippen LogP contribution in [-0.4, -0.2) is 30.4 Å². The van der Waals surface area contributed by atoms with E-state index in [9.17, 15) is 22.6 Å².